The van der Waals surface area contributed by atoms with Crippen LogP contribution in [0, 0.1) is 5.92 Å². The van der Waals surface area contributed by atoms with E-state index in [0.717, 1.165) is 53.6 Å². The summed E-state index contributed by atoms with van der Waals surface area (Å²) in [5.41, 5.74) is 14.9. The summed E-state index contributed by atoms with van der Waals surface area (Å²) in [6, 6.07) is 45.2. The summed E-state index contributed by atoms with van der Waals surface area (Å²) in [5, 5.41) is 3.99. The minimum Gasteiger partial charge on any atom is -0.456 e. The number of hydrogen-bond donors (Lipinski definition) is 0. The van der Waals surface area contributed by atoms with Gasteiger partial charge >= 0.3 is 0 Å². The Bertz CT molecular complexity index is 2890. The largest absolute Gasteiger partial charge is 0.456 e. The minimum absolute atomic E-state index is 0.220. The van der Waals surface area contributed by atoms with Crippen molar-refractivity contribution in [2.75, 3.05) is 0 Å². The number of rotatable bonds is 4. The van der Waals surface area contributed by atoms with E-state index in [4.69, 9.17) is 11.0 Å². The van der Waals surface area contributed by atoms with Gasteiger partial charge < -0.3 is 4.42 Å². The number of para-hydroxylation sites is 4. The number of hydrogen-bond acceptors (Lipinski definition) is 1. The third kappa shape index (κ3) is 5.60. The van der Waals surface area contributed by atoms with Crippen LogP contribution in [-0.4, -0.2) is 12.6 Å². The molecule has 0 spiro atoms. The van der Waals surface area contributed by atoms with E-state index >= 15 is 0 Å². The maximum Gasteiger partial charge on any atom is 0.300 e. The highest BCUT2D eigenvalue weighted by molar-refractivity contribution is 6.89. The van der Waals surface area contributed by atoms with Crippen LogP contribution in [-0.2, 0) is 12.8 Å². The molecule has 11 rings (SSSR count). The highest BCUT2D eigenvalue weighted by Crippen LogP contribution is 2.47. The Morgan fingerprint density at radius 1 is 0.754 bits per heavy atom. The van der Waals surface area contributed by atoms with E-state index in [1.165, 1.54) is 81.9 Å². The minimum atomic E-state index is -1.69. The van der Waals surface area contributed by atoms with Crippen LogP contribution >= 0.6 is 0 Å². The van der Waals surface area contributed by atoms with Crippen LogP contribution in [0.15, 0.2) is 139 Å². The summed E-state index contributed by atoms with van der Waals surface area (Å²) in [5.74, 6) is 2.26. The van der Waals surface area contributed by atoms with Gasteiger partial charge in [0.2, 0.25) is 5.69 Å². The number of aryl methyl sites for hydroxylation is 1. The van der Waals surface area contributed by atoms with Crippen LogP contribution in [0.5, 0.6) is 0 Å². The Kier molecular flexibility index (Phi) is 8.08. The van der Waals surface area contributed by atoms with Crippen molar-refractivity contribution in [1.29, 1.82) is 0 Å². The van der Waals surface area contributed by atoms with Crippen molar-refractivity contribution in [3.8, 4) is 28.3 Å². The number of imidazole rings is 1. The van der Waals surface area contributed by atoms with Gasteiger partial charge in [-0.05, 0) is 90.4 Å². The quantitative estimate of drug-likeness (QED) is 0.130. The van der Waals surface area contributed by atoms with Crippen molar-refractivity contribution in [2.24, 2.45) is 5.92 Å². The molecule has 5 heteroatoms. The molecule has 0 radical (unpaired) electrons. The Balaban J connectivity index is 1.18. The monoisotopic (exact) mass is 761 g/mol. The summed E-state index contributed by atoms with van der Waals surface area (Å²) >= 11 is 0. The SMILES string of the molecule is C=C1CC2C(CCc3cc4c(cc3-c3n1c1ccccc1[n+]3-c1ccccc1)oc1ccccc14)c1ccccc1-c1cc(CC3CCCC3)c([Si](C)(C)C)c[n+]12. The summed E-state index contributed by atoms with van der Waals surface area (Å²) in [7, 11) is -1.69. The second-order valence-corrected chi connectivity index (χ2v) is 23.1. The average Bonchev–Trinajstić information content (AvgIpc) is 3.96. The molecule has 2 aliphatic heterocycles. The Hall–Kier alpha value is -5.52. The van der Waals surface area contributed by atoms with Gasteiger partial charge in [-0.25, -0.2) is 0 Å². The Morgan fingerprint density at radius 2 is 1.51 bits per heavy atom. The first-order chi connectivity index (χ1) is 27.8. The molecule has 4 nitrogen and oxygen atoms in total. The van der Waals surface area contributed by atoms with E-state index < -0.39 is 8.07 Å². The number of nitrogens with zero attached hydrogens (tertiary/aromatic N) is 3. The fraction of sp³-hybridized carbons (Fsp3) is 0.269. The first kappa shape index (κ1) is 34.7. The van der Waals surface area contributed by atoms with Gasteiger partial charge in [-0.2, -0.15) is 13.7 Å². The van der Waals surface area contributed by atoms with Gasteiger partial charge in [0.15, 0.2) is 23.3 Å². The van der Waals surface area contributed by atoms with Crippen molar-refractivity contribution in [1.82, 2.24) is 4.57 Å². The number of fused-ring (bicyclic) bond motifs is 14. The van der Waals surface area contributed by atoms with Crippen molar-refractivity contribution in [2.45, 2.75) is 83.0 Å². The smallest absolute Gasteiger partial charge is 0.300 e. The molecule has 2 atom stereocenters. The molecule has 5 heterocycles. The van der Waals surface area contributed by atoms with Crippen LogP contribution in [0.25, 0.3) is 67.0 Å². The standard InChI is InChI=1S/C52H51N3OSi/c1-34-28-47-41(39-20-10-11-21-40(39)48-31-37(29-35-16-8-9-17-35)51(33-53(47)48)57(2,3)4)27-26-36-30-44-42-22-12-15-25-49(42)56-50(44)32-43(36)52-54(34)45-23-13-14-24-46(45)55(52)38-18-6-5-7-19-38/h5-7,10-15,18-25,30-33,35,41,47H,1,8-9,16-17,26-29H2,2-4H3/q+2. The molecule has 0 N–H and O–H groups in total. The summed E-state index contributed by atoms with van der Waals surface area (Å²) in [6.45, 7) is 12.7. The Labute approximate surface area is 336 Å². The molecule has 0 saturated heterocycles. The zero-order valence-electron chi connectivity index (χ0n) is 33.5. The maximum absolute atomic E-state index is 6.63. The number of benzene rings is 5. The molecular formula is C52H51N3OSi+2. The lowest BCUT2D eigenvalue weighted by Gasteiger charge is -2.33. The van der Waals surface area contributed by atoms with Crippen molar-refractivity contribution in [3.63, 3.8) is 0 Å². The molecule has 57 heavy (non-hydrogen) atoms. The van der Waals surface area contributed by atoms with Crippen molar-refractivity contribution in [3.05, 3.63) is 151 Å². The van der Waals surface area contributed by atoms with Crippen LogP contribution in [0.1, 0.15) is 67.2 Å². The van der Waals surface area contributed by atoms with Gasteiger partial charge in [-0.15, -0.1) is 0 Å². The molecule has 1 aliphatic carbocycles. The molecule has 0 amide bonds. The molecular weight excluding hydrogens is 711 g/mol. The molecule has 3 aliphatic rings. The van der Waals surface area contributed by atoms with Crippen LogP contribution in [0.3, 0.4) is 0 Å². The highest BCUT2D eigenvalue weighted by atomic mass is 28.3. The first-order valence-corrected chi connectivity index (χ1v) is 24.7. The van der Waals surface area contributed by atoms with Crippen molar-refractivity contribution < 1.29 is 13.6 Å². The van der Waals surface area contributed by atoms with Gasteiger partial charge in [0.25, 0.3) is 5.82 Å². The third-order valence-corrected chi connectivity index (χ3v) is 15.6. The maximum atomic E-state index is 6.63. The van der Waals surface area contributed by atoms with E-state index in [2.05, 4.69) is 161 Å². The summed E-state index contributed by atoms with van der Waals surface area (Å²) in [6.07, 6.45) is 12.2. The first-order valence-electron chi connectivity index (χ1n) is 21.2. The van der Waals surface area contributed by atoms with Crippen molar-refractivity contribution >= 4 is 51.9 Å². The van der Waals surface area contributed by atoms with Crippen LogP contribution in [0.4, 0.5) is 0 Å². The normalized spacial score (nSPS) is 18.3. The molecule has 8 aromatic rings. The van der Waals surface area contributed by atoms with Gasteiger partial charge in [0.1, 0.15) is 22.6 Å². The Morgan fingerprint density at radius 3 is 2.35 bits per heavy atom. The summed E-state index contributed by atoms with van der Waals surface area (Å²) < 4.78 is 14.3. The molecule has 3 aromatic heterocycles. The number of pyridine rings is 1. The highest BCUT2D eigenvalue weighted by Gasteiger charge is 2.44. The molecule has 282 valence electrons. The van der Waals surface area contributed by atoms with Gasteiger partial charge in [-0.3, -0.25) is 0 Å². The van der Waals surface area contributed by atoms with Crippen LogP contribution in [0.2, 0.25) is 19.6 Å². The van der Waals surface area contributed by atoms with Crippen LogP contribution < -0.4 is 14.3 Å². The van der Waals surface area contributed by atoms with E-state index in [1.54, 1.807) is 10.8 Å². The number of aromatic nitrogens is 3. The molecule has 0 bridgehead atoms. The molecule has 1 saturated carbocycles. The number of furan rings is 1. The fourth-order valence-electron chi connectivity index (χ4n) is 11.0. The summed E-state index contributed by atoms with van der Waals surface area (Å²) in [4.78, 5) is 0. The molecule has 2 unspecified atom stereocenters. The third-order valence-electron chi connectivity index (χ3n) is 13.6. The molecule has 1 fully saturated rings. The van der Waals surface area contributed by atoms with Gasteiger partial charge in [-0.1, -0.05) is 119 Å². The van der Waals surface area contributed by atoms with E-state index in [1.807, 2.05) is 0 Å². The van der Waals surface area contributed by atoms with E-state index in [9.17, 15) is 0 Å². The second-order valence-electron chi connectivity index (χ2n) is 18.1. The zero-order chi connectivity index (χ0) is 38.4. The van der Waals surface area contributed by atoms with E-state index in [0.29, 0.717) is 5.92 Å². The predicted octanol–water partition coefficient (Wildman–Crippen LogP) is 11.9. The lowest BCUT2D eigenvalue weighted by Crippen LogP contribution is -2.54. The van der Waals surface area contributed by atoms with E-state index in [-0.39, 0.29) is 6.04 Å². The fourth-order valence-corrected chi connectivity index (χ4v) is 12.6. The number of allylic oxidation sites excluding steroid dienone is 1. The average molecular weight is 762 g/mol. The van der Waals surface area contributed by atoms with Gasteiger partial charge in [0.05, 0.1) is 20.1 Å². The topological polar surface area (TPSA) is 25.8 Å². The predicted molar refractivity (Wildman–Crippen MR) is 237 cm³/mol. The molecule has 5 aromatic carbocycles. The second kappa shape index (κ2) is 13.3. The lowest BCUT2D eigenvalue weighted by molar-refractivity contribution is -0.716. The van der Waals surface area contributed by atoms with Gasteiger partial charge in [0, 0.05) is 33.5 Å². The zero-order valence-corrected chi connectivity index (χ0v) is 34.5. The lowest BCUT2D eigenvalue weighted by atomic mass is 9.77.